The van der Waals surface area contributed by atoms with E-state index in [9.17, 15) is 4.79 Å². The zero-order chi connectivity index (χ0) is 16.3. The number of hydrogen-bond acceptors (Lipinski definition) is 5. The number of rotatable bonds is 2. The van der Waals surface area contributed by atoms with Gasteiger partial charge < -0.3 is 9.84 Å². The maximum atomic E-state index is 12.4. The summed E-state index contributed by atoms with van der Waals surface area (Å²) in [6, 6.07) is 5.81. The van der Waals surface area contributed by atoms with Gasteiger partial charge in [-0.1, -0.05) is 16.8 Å². The van der Waals surface area contributed by atoms with Crippen LogP contribution in [0, 0.1) is 6.92 Å². The minimum atomic E-state index is -0.0902. The predicted molar refractivity (Wildman–Crippen MR) is 84.7 cm³/mol. The van der Waals surface area contributed by atoms with Crippen LogP contribution in [0.1, 0.15) is 46.2 Å². The minimum Gasteiger partial charge on any atom is -0.346 e. The molecular formula is C17H15N5O2. The fourth-order valence-corrected chi connectivity index (χ4v) is 3.07. The van der Waals surface area contributed by atoms with E-state index in [1.807, 2.05) is 29.7 Å². The number of aryl methyl sites for hydroxylation is 1. The Morgan fingerprint density at radius 1 is 1.33 bits per heavy atom. The number of imidazole rings is 1. The maximum Gasteiger partial charge on any atom is 0.278 e. The predicted octanol–water partition coefficient (Wildman–Crippen LogP) is 2.35. The maximum absolute atomic E-state index is 12.4. The molecule has 7 heteroatoms. The first-order valence-corrected chi connectivity index (χ1v) is 8.00. The van der Waals surface area contributed by atoms with Gasteiger partial charge in [0.05, 0.1) is 23.5 Å². The van der Waals surface area contributed by atoms with Crippen molar-refractivity contribution >= 4 is 5.91 Å². The Hall–Kier alpha value is -2.96. The molecule has 1 aliphatic carbocycles. The highest BCUT2D eigenvalue weighted by atomic mass is 16.5. The summed E-state index contributed by atoms with van der Waals surface area (Å²) in [6.07, 6.45) is 3.94. The van der Waals surface area contributed by atoms with Gasteiger partial charge in [0.2, 0.25) is 0 Å². The molecule has 5 rings (SSSR count). The molecule has 1 saturated carbocycles. The van der Waals surface area contributed by atoms with Gasteiger partial charge in [-0.25, -0.2) is 4.98 Å². The first kappa shape index (κ1) is 13.5. The molecule has 1 aliphatic heterocycles. The van der Waals surface area contributed by atoms with Crippen molar-refractivity contribution in [3.05, 3.63) is 47.2 Å². The van der Waals surface area contributed by atoms with Crippen molar-refractivity contribution in [3.63, 3.8) is 0 Å². The second kappa shape index (κ2) is 4.77. The monoisotopic (exact) mass is 321 g/mol. The van der Waals surface area contributed by atoms with Gasteiger partial charge in [0, 0.05) is 5.92 Å². The first-order chi connectivity index (χ1) is 11.7. The Kier molecular flexibility index (Phi) is 2.68. The summed E-state index contributed by atoms with van der Waals surface area (Å²) in [5, 5.41) is 6.99. The molecule has 1 fully saturated rings. The standard InChI is InChI=1S/C17H15N5O2/c1-9-2-5-12-11(6-9)16(23)18-7-13-14(19-8-22(12)13)17-20-15(21-24-17)10-3-4-10/h2,5-6,8,10H,3-4,7H2,1H3,(H,18,23). The third kappa shape index (κ3) is 1.97. The van der Waals surface area contributed by atoms with E-state index in [2.05, 4.69) is 20.4 Å². The van der Waals surface area contributed by atoms with Crippen LogP contribution in [0.5, 0.6) is 0 Å². The number of nitrogens with one attached hydrogen (secondary N) is 1. The van der Waals surface area contributed by atoms with E-state index in [4.69, 9.17) is 4.52 Å². The summed E-state index contributed by atoms with van der Waals surface area (Å²) in [7, 11) is 0. The second-order valence-electron chi connectivity index (χ2n) is 6.35. The fourth-order valence-electron chi connectivity index (χ4n) is 3.07. The lowest BCUT2D eigenvalue weighted by Gasteiger charge is -2.08. The molecule has 0 unspecified atom stereocenters. The summed E-state index contributed by atoms with van der Waals surface area (Å²) in [5.41, 5.74) is 3.96. The highest BCUT2D eigenvalue weighted by Crippen LogP contribution is 2.39. The molecular weight excluding hydrogens is 306 g/mol. The van der Waals surface area contributed by atoms with Gasteiger partial charge in [0.15, 0.2) is 11.5 Å². The lowest BCUT2D eigenvalue weighted by atomic mass is 10.1. The average Bonchev–Trinajstić information content (AvgIpc) is 3.20. The number of amides is 1. The van der Waals surface area contributed by atoms with Gasteiger partial charge >= 0.3 is 0 Å². The molecule has 7 nitrogen and oxygen atoms in total. The molecule has 0 spiro atoms. The van der Waals surface area contributed by atoms with Crippen molar-refractivity contribution in [2.45, 2.75) is 32.2 Å². The van der Waals surface area contributed by atoms with Crippen LogP contribution in [0.4, 0.5) is 0 Å². The van der Waals surface area contributed by atoms with Crippen LogP contribution in [0.3, 0.4) is 0 Å². The highest BCUT2D eigenvalue weighted by Gasteiger charge is 2.31. The first-order valence-electron chi connectivity index (χ1n) is 8.00. The SMILES string of the molecule is Cc1ccc2c(c1)C(=O)NCc1c(-c3nc(C4CC4)no3)ncn1-2. The molecule has 2 aliphatic rings. The zero-order valence-electron chi connectivity index (χ0n) is 13.1. The molecule has 3 aromatic rings. The Bertz CT molecular complexity index is 967. The molecule has 1 N–H and O–H groups in total. The van der Waals surface area contributed by atoms with Crippen LogP contribution in [0.15, 0.2) is 29.0 Å². The molecule has 24 heavy (non-hydrogen) atoms. The van der Waals surface area contributed by atoms with Gasteiger partial charge in [0.25, 0.3) is 11.8 Å². The van der Waals surface area contributed by atoms with Crippen molar-refractivity contribution in [1.29, 1.82) is 0 Å². The Labute approximate surface area is 137 Å². The van der Waals surface area contributed by atoms with E-state index in [0.717, 1.165) is 35.6 Å². The number of fused-ring (bicyclic) bond motifs is 3. The van der Waals surface area contributed by atoms with Gasteiger partial charge in [-0.15, -0.1) is 0 Å². The summed E-state index contributed by atoms with van der Waals surface area (Å²) in [5.74, 6) is 1.50. The number of benzene rings is 1. The van der Waals surface area contributed by atoms with Gasteiger partial charge in [-0.2, -0.15) is 4.98 Å². The number of carbonyl (C=O) groups is 1. The van der Waals surface area contributed by atoms with Crippen LogP contribution in [0.2, 0.25) is 0 Å². The lowest BCUT2D eigenvalue weighted by molar-refractivity contribution is 0.0952. The van der Waals surface area contributed by atoms with Gasteiger partial charge in [-0.3, -0.25) is 9.36 Å². The third-order valence-corrected chi connectivity index (χ3v) is 4.53. The van der Waals surface area contributed by atoms with E-state index < -0.39 is 0 Å². The van der Waals surface area contributed by atoms with Crippen LogP contribution >= 0.6 is 0 Å². The Balaban J connectivity index is 1.65. The van der Waals surface area contributed by atoms with Crippen molar-refractivity contribution in [1.82, 2.24) is 25.0 Å². The van der Waals surface area contributed by atoms with E-state index >= 15 is 0 Å². The van der Waals surface area contributed by atoms with Crippen molar-refractivity contribution < 1.29 is 9.32 Å². The van der Waals surface area contributed by atoms with Gasteiger partial charge in [0.1, 0.15) is 6.33 Å². The minimum absolute atomic E-state index is 0.0902. The highest BCUT2D eigenvalue weighted by molar-refractivity contribution is 5.98. The molecule has 0 bridgehead atoms. The molecule has 2 aromatic heterocycles. The van der Waals surface area contributed by atoms with Crippen LogP contribution < -0.4 is 5.32 Å². The molecule has 0 saturated heterocycles. The summed E-state index contributed by atoms with van der Waals surface area (Å²) < 4.78 is 7.32. The van der Waals surface area contributed by atoms with E-state index in [0.29, 0.717) is 29.6 Å². The topological polar surface area (TPSA) is 85.8 Å². The number of nitrogens with zero attached hydrogens (tertiary/aromatic N) is 4. The third-order valence-electron chi connectivity index (χ3n) is 4.53. The summed E-state index contributed by atoms with van der Waals surface area (Å²) in [4.78, 5) is 21.3. The quantitative estimate of drug-likeness (QED) is 0.783. The van der Waals surface area contributed by atoms with Crippen molar-refractivity contribution in [2.75, 3.05) is 0 Å². The average molecular weight is 321 g/mol. The molecule has 120 valence electrons. The molecule has 3 heterocycles. The normalized spacial score (nSPS) is 16.3. The van der Waals surface area contributed by atoms with Crippen molar-refractivity contribution in [2.24, 2.45) is 0 Å². The number of aromatic nitrogens is 4. The molecule has 0 radical (unpaired) electrons. The zero-order valence-corrected chi connectivity index (χ0v) is 13.1. The lowest BCUT2D eigenvalue weighted by Crippen LogP contribution is -2.21. The van der Waals surface area contributed by atoms with Crippen LogP contribution in [0.25, 0.3) is 17.3 Å². The fraction of sp³-hybridized carbons (Fsp3) is 0.294. The Morgan fingerprint density at radius 3 is 3.04 bits per heavy atom. The van der Waals surface area contributed by atoms with E-state index in [-0.39, 0.29) is 5.91 Å². The summed E-state index contributed by atoms with van der Waals surface area (Å²) >= 11 is 0. The second-order valence-corrected chi connectivity index (χ2v) is 6.35. The van der Waals surface area contributed by atoms with Crippen molar-refractivity contribution in [3.8, 4) is 17.3 Å². The van der Waals surface area contributed by atoms with E-state index in [1.54, 1.807) is 6.33 Å². The Morgan fingerprint density at radius 2 is 2.21 bits per heavy atom. The van der Waals surface area contributed by atoms with Gasteiger partial charge in [-0.05, 0) is 31.9 Å². The smallest absolute Gasteiger partial charge is 0.278 e. The summed E-state index contributed by atoms with van der Waals surface area (Å²) in [6.45, 7) is 2.33. The van der Waals surface area contributed by atoms with Crippen LogP contribution in [-0.4, -0.2) is 25.6 Å². The number of hydrogen-bond donors (Lipinski definition) is 1. The largest absolute Gasteiger partial charge is 0.346 e. The molecule has 0 atom stereocenters. The van der Waals surface area contributed by atoms with Crippen LogP contribution in [-0.2, 0) is 6.54 Å². The number of carbonyl (C=O) groups excluding carboxylic acids is 1. The van der Waals surface area contributed by atoms with E-state index in [1.165, 1.54) is 0 Å². The molecule has 1 amide bonds. The molecule has 1 aromatic carbocycles.